The van der Waals surface area contributed by atoms with E-state index in [2.05, 4.69) is 25.5 Å². The van der Waals surface area contributed by atoms with Gasteiger partial charge in [-0.25, -0.2) is 14.4 Å². The van der Waals surface area contributed by atoms with Crippen molar-refractivity contribution >= 4 is 22.4 Å². The molecule has 6 nitrogen and oxygen atoms in total. The van der Waals surface area contributed by atoms with Crippen LogP contribution in [0.25, 0.3) is 34.1 Å². The highest BCUT2D eigenvalue weighted by Gasteiger charge is 2.16. The Bertz CT molecular complexity index is 1350. The zero-order chi connectivity index (χ0) is 20.5. The van der Waals surface area contributed by atoms with Crippen molar-refractivity contribution in [1.82, 2.24) is 20.2 Å². The maximum absolute atomic E-state index is 14.0. The molecule has 1 N–H and O–H groups in total. The van der Waals surface area contributed by atoms with Crippen LogP contribution in [0, 0.1) is 12.7 Å². The normalized spacial score (nSPS) is 11.0. The lowest BCUT2D eigenvalue weighted by Gasteiger charge is -2.10. The highest BCUT2D eigenvalue weighted by atomic mass is 19.1. The first-order chi connectivity index (χ1) is 14.7. The van der Waals surface area contributed by atoms with Crippen molar-refractivity contribution in [3.05, 3.63) is 84.2 Å². The van der Waals surface area contributed by atoms with Gasteiger partial charge in [0.1, 0.15) is 11.6 Å². The fourth-order valence-corrected chi connectivity index (χ4v) is 3.09. The van der Waals surface area contributed by atoms with Crippen molar-refractivity contribution in [3.63, 3.8) is 0 Å². The first-order valence-corrected chi connectivity index (χ1v) is 9.36. The summed E-state index contributed by atoms with van der Waals surface area (Å²) in [6.45, 7) is 1.72. The van der Waals surface area contributed by atoms with E-state index in [1.165, 1.54) is 6.07 Å². The van der Waals surface area contributed by atoms with E-state index in [0.717, 1.165) is 10.9 Å². The zero-order valence-corrected chi connectivity index (χ0v) is 16.0. The highest BCUT2D eigenvalue weighted by Crippen LogP contribution is 2.28. The molecule has 0 atom stereocenters. The Hall–Kier alpha value is -4.13. The molecule has 0 fully saturated rings. The average molecular weight is 397 g/mol. The average Bonchev–Trinajstić information content (AvgIpc) is 3.27. The molecule has 5 aromatic rings. The van der Waals surface area contributed by atoms with E-state index >= 15 is 0 Å². The third kappa shape index (κ3) is 3.37. The summed E-state index contributed by atoms with van der Waals surface area (Å²) in [6.07, 6.45) is 0. The van der Waals surface area contributed by atoms with Gasteiger partial charge in [0.2, 0.25) is 11.7 Å². The summed E-state index contributed by atoms with van der Waals surface area (Å²) in [4.78, 5) is 9.15. The van der Waals surface area contributed by atoms with Crippen LogP contribution in [0.4, 0.5) is 15.9 Å². The van der Waals surface area contributed by atoms with E-state index in [-0.39, 0.29) is 11.7 Å². The number of hydrogen-bond donors (Lipinski definition) is 1. The van der Waals surface area contributed by atoms with Crippen molar-refractivity contribution in [1.29, 1.82) is 0 Å². The third-order valence-electron chi connectivity index (χ3n) is 4.67. The van der Waals surface area contributed by atoms with Gasteiger partial charge in [-0.2, -0.15) is 0 Å². The SMILES string of the molecule is Cc1ccc(Nc2nc(-c3nnc(-c4ccccc4)o3)nc3ccccc23)cc1F. The monoisotopic (exact) mass is 397 g/mol. The maximum atomic E-state index is 14.0. The fourth-order valence-electron chi connectivity index (χ4n) is 3.09. The number of nitrogens with one attached hydrogen (secondary N) is 1. The number of fused-ring (bicyclic) bond motifs is 1. The van der Waals surface area contributed by atoms with Gasteiger partial charge in [-0.05, 0) is 48.9 Å². The number of anilines is 2. The molecule has 3 aromatic carbocycles. The molecule has 0 aliphatic carbocycles. The minimum absolute atomic E-state index is 0.206. The van der Waals surface area contributed by atoms with Gasteiger partial charge in [0, 0.05) is 16.6 Å². The standard InChI is InChI=1S/C23H16FN5O/c1-14-11-12-16(13-18(14)24)25-20-17-9-5-6-10-19(17)26-21(27-20)23-29-28-22(30-23)15-7-3-2-4-8-15/h2-13H,1H3,(H,25,26,27). The van der Waals surface area contributed by atoms with Crippen LogP contribution >= 0.6 is 0 Å². The fraction of sp³-hybridized carbons (Fsp3) is 0.0435. The molecule has 5 rings (SSSR count). The van der Waals surface area contributed by atoms with Gasteiger partial charge in [0.05, 0.1) is 5.52 Å². The molecular formula is C23H16FN5O. The molecule has 30 heavy (non-hydrogen) atoms. The summed E-state index contributed by atoms with van der Waals surface area (Å²) in [7, 11) is 0. The molecule has 146 valence electrons. The van der Waals surface area contributed by atoms with Gasteiger partial charge >= 0.3 is 0 Å². The molecule has 2 aromatic heterocycles. The molecule has 0 unspecified atom stereocenters. The minimum atomic E-state index is -0.289. The molecule has 7 heteroatoms. The molecule has 0 spiro atoms. The van der Waals surface area contributed by atoms with Crippen molar-refractivity contribution in [2.75, 3.05) is 5.32 Å². The maximum Gasteiger partial charge on any atom is 0.286 e. The molecule has 0 saturated carbocycles. The van der Waals surface area contributed by atoms with Crippen molar-refractivity contribution < 1.29 is 8.81 Å². The van der Waals surface area contributed by atoms with Crippen LogP contribution in [-0.4, -0.2) is 20.2 Å². The summed E-state index contributed by atoms with van der Waals surface area (Å²) in [5.41, 5.74) is 2.68. The summed E-state index contributed by atoms with van der Waals surface area (Å²) >= 11 is 0. The number of halogens is 1. The van der Waals surface area contributed by atoms with Crippen LogP contribution in [0.2, 0.25) is 0 Å². The summed E-state index contributed by atoms with van der Waals surface area (Å²) < 4.78 is 19.8. The van der Waals surface area contributed by atoms with E-state index in [0.29, 0.717) is 34.3 Å². The number of aromatic nitrogens is 4. The largest absolute Gasteiger partial charge is 0.413 e. The molecule has 0 aliphatic rings. The Morgan fingerprint density at radius 3 is 2.43 bits per heavy atom. The summed E-state index contributed by atoms with van der Waals surface area (Å²) in [6, 6.07) is 22.0. The first kappa shape index (κ1) is 17.9. The molecule has 0 radical (unpaired) electrons. The summed E-state index contributed by atoms with van der Waals surface area (Å²) in [5.74, 6) is 1.12. The zero-order valence-electron chi connectivity index (χ0n) is 16.0. The molecule has 0 aliphatic heterocycles. The second-order valence-electron chi connectivity index (χ2n) is 6.78. The van der Waals surface area contributed by atoms with E-state index in [1.54, 1.807) is 19.1 Å². The Labute approximate surface area is 171 Å². The van der Waals surface area contributed by atoms with Crippen molar-refractivity contribution in [2.45, 2.75) is 6.92 Å². The smallest absolute Gasteiger partial charge is 0.286 e. The molecule has 0 amide bonds. The van der Waals surface area contributed by atoms with Crippen LogP contribution in [0.5, 0.6) is 0 Å². The Kier molecular flexibility index (Phi) is 4.40. The van der Waals surface area contributed by atoms with Gasteiger partial charge in [0.25, 0.3) is 5.89 Å². The Morgan fingerprint density at radius 1 is 0.833 bits per heavy atom. The third-order valence-corrected chi connectivity index (χ3v) is 4.67. The van der Waals surface area contributed by atoms with Gasteiger partial charge < -0.3 is 9.73 Å². The number of benzene rings is 3. The second-order valence-corrected chi connectivity index (χ2v) is 6.78. The van der Waals surface area contributed by atoms with Crippen LogP contribution in [0.1, 0.15) is 5.56 Å². The molecule has 2 heterocycles. The minimum Gasteiger partial charge on any atom is -0.413 e. The number of aryl methyl sites for hydroxylation is 1. The van der Waals surface area contributed by atoms with E-state index in [4.69, 9.17) is 4.42 Å². The number of nitrogens with zero attached hydrogens (tertiary/aromatic N) is 4. The van der Waals surface area contributed by atoms with Crippen LogP contribution in [-0.2, 0) is 0 Å². The predicted molar refractivity (Wildman–Crippen MR) is 113 cm³/mol. The Balaban J connectivity index is 1.58. The molecule has 0 saturated heterocycles. The van der Waals surface area contributed by atoms with Crippen LogP contribution in [0.15, 0.2) is 77.2 Å². The molecular weight excluding hydrogens is 381 g/mol. The van der Waals surface area contributed by atoms with E-state index in [9.17, 15) is 4.39 Å². The van der Waals surface area contributed by atoms with E-state index < -0.39 is 0 Å². The van der Waals surface area contributed by atoms with Gasteiger partial charge in [0.15, 0.2) is 0 Å². The number of para-hydroxylation sites is 1. The summed E-state index contributed by atoms with van der Waals surface area (Å²) in [5, 5.41) is 12.2. The van der Waals surface area contributed by atoms with Crippen molar-refractivity contribution in [2.24, 2.45) is 0 Å². The van der Waals surface area contributed by atoms with E-state index in [1.807, 2.05) is 54.6 Å². The van der Waals surface area contributed by atoms with Gasteiger partial charge in [-0.15, -0.1) is 10.2 Å². The van der Waals surface area contributed by atoms with Gasteiger partial charge in [-0.3, -0.25) is 0 Å². The Morgan fingerprint density at radius 2 is 1.60 bits per heavy atom. The lowest BCUT2D eigenvalue weighted by atomic mass is 10.2. The first-order valence-electron chi connectivity index (χ1n) is 9.36. The van der Waals surface area contributed by atoms with Crippen LogP contribution < -0.4 is 5.32 Å². The quantitative estimate of drug-likeness (QED) is 0.429. The second kappa shape index (κ2) is 7.36. The predicted octanol–water partition coefficient (Wildman–Crippen LogP) is 5.54. The molecule has 0 bridgehead atoms. The van der Waals surface area contributed by atoms with Crippen LogP contribution in [0.3, 0.4) is 0 Å². The topological polar surface area (TPSA) is 76.7 Å². The number of hydrogen-bond acceptors (Lipinski definition) is 6. The lowest BCUT2D eigenvalue weighted by Crippen LogP contribution is -2.00. The lowest BCUT2D eigenvalue weighted by molar-refractivity contribution is 0.579. The van der Waals surface area contributed by atoms with Crippen molar-refractivity contribution in [3.8, 4) is 23.2 Å². The number of rotatable bonds is 4. The highest BCUT2D eigenvalue weighted by molar-refractivity contribution is 5.91. The van der Waals surface area contributed by atoms with Gasteiger partial charge in [-0.1, -0.05) is 36.4 Å².